The summed E-state index contributed by atoms with van der Waals surface area (Å²) in [6.45, 7) is 3.01. The Labute approximate surface area is 90.4 Å². The summed E-state index contributed by atoms with van der Waals surface area (Å²) in [4.78, 5) is 0. The van der Waals surface area contributed by atoms with Crippen LogP contribution < -0.4 is 5.32 Å². The second-order valence-electron chi connectivity index (χ2n) is 3.62. The van der Waals surface area contributed by atoms with Crippen LogP contribution in [0.4, 0.5) is 0 Å². The monoisotopic (exact) mass is 207 g/mol. The third-order valence-electron chi connectivity index (χ3n) is 2.44. The van der Waals surface area contributed by atoms with Crippen molar-refractivity contribution >= 4 is 0 Å². The fourth-order valence-corrected chi connectivity index (χ4v) is 1.63. The van der Waals surface area contributed by atoms with Gasteiger partial charge in [0.15, 0.2) is 0 Å². The molecule has 1 heterocycles. The Morgan fingerprint density at radius 2 is 2.07 bits per heavy atom. The van der Waals surface area contributed by atoms with Crippen molar-refractivity contribution in [3.05, 3.63) is 35.9 Å². The molecule has 1 aliphatic rings. The molecular weight excluding hydrogens is 190 g/mol. The summed E-state index contributed by atoms with van der Waals surface area (Å²) in [5.41, 5.74) is 1.35. The third kappa shape index (κ3) is 3.63. The maximum absolute atomic E-state index is 5.48. The summed E-state index contributed by atoms with van der Waals surface area (Å²) >= 11 is 0. The first-order valence-corrected chi connectivity index (χ1v) is 5.42. The minimum absolute atomic E-state index is 0.0717. The first kappa shape index (κ1) is 10.6. The smallest absolute Gasteiger partial charge is 0.131 e. The van der Waals surface area contributed by atoms with E-state index in [4.69, 9.17) is 9.47 Å². The van der Waals surface area contributed by atoms with Crippen LogP contribution in [0.5, 0.6) is 0 Å². The molecule has 1 aromatic carbocycles. The number of ether oxygens (including phenoxy) is 2. The molecule has 3 heteroatoms. The average Bonchev–Trinajstić information content (AvgIpc) is 2.32. The summed E-state index contributed by atoms with van der Waals surface area (Å²) in [6.07, 6.45) is 1.10. The second-order valence-corrected chi connectivity index (χ2v) is 3.62. The summed E-state index contributed by atoms with van der Waals surface area (Å²) in [5.74, 6) is 0. The van der Waals surface area contributed by atoms with Gasteiger partial charge >= 0.3 is 0 Å². The molecule has 82 valence electrons. The van der Waals surface area contributed by atoms with Gasteiger partial charge in [0.05, 0.1) is 19.8 Å². The van der Waals surface area contributed by atoms with Crippen molar-refractivity contribution < 1.29 is 9.47 Å². The molecule has 2 rings (SSSR count). The van der Waals surface area contributed by atoms with Crippen LogP contribution in [0.2, 0.25) is 0 Å². The van der Waals surface area contributed by atoms with E-state index in [9.17, 15) is 0 Å². The molecule has 0 spiro atoms. The lowest BCUT2D eigenvalue weighted by Crippen LogP contribution is -2.41. The number of hydrogen-bond donors (Lipinski definition) is 1. The molecule has 1 aliphatic heterocycles. The fraction of sp³-hybridized carbons (Fsp3) is 0.500. The molecule has 1 aromatic rings. The van der Waals surface area contributed by atoms with Crippen molar-refractivity contribution in [1.82, 2.24) is 5.32 Å². The predicted molar refractivity (Wildman–Crippen MR) is 58.7 cm³/mol. The van der Waals surface area contributed by atoms with Crippen LogP contribution in [-0.2, 0) is 15.9 Å². The normalized spacial score (nSPS) is 21.5. The van der Waals surface area contributed by atoms with E-state index in [0.717, 1.165) is 19.6 Å². The van der Waals surface area contributed by atoms with Crippen LogP contribution in [0.25, 0.3) is 0 Å². The van der Waals surface area contributed by atoms with Crippen LogP contribution in [0.3, 0.4) is 0 Å². The van der Waals surface area contributed by atoms with E-state index in [0.29, 0.717) is 13.2 Å². The zero-order chi connectivity index (χ0) is 10.3. The van der Waals surface area contributed by atoms with Crippen molar-refractivity contribution in [3.8, 4) is 0 Å². The van der Waals surface area contributed by atoms with E-state index in [1.165, 1.54) is 5.56 Å². The summed E-state index contributed by atoms with van der Waals surface area (Å²) in [7, 11) is 0. The van der Waals surface area contributed by atoms with E-state index in [1.807, 2.05) is 6.07 Å². The minimum atomic E-state index is 0.0717. The molecule has 1 fully saturated rings. The Morgan fingerprint density at radius 1 is 1.20 bits per heavy atom. The number of hydrogen-bond acceptors (Lipinski definition) is 3. The second kappa shape index (κ2) is 5.85. The van der Waals surface area contributed by atoms with Crippen LogP contribution in [0, 0.1) is 0 Å². The van der Waals surface area contributed by atoms with Crippen molar-refractivity contribution in [2.75, 3.05) is 26.4 Å². The fourth-order valence-electron chi connectivity index (χ4n) is 1.63. The number of benzene rings is 1. The molecule has 0 aromatic heterocycles. The van der Waals surface area contributed by atoms with Gasteiger partial charge in [-0.1, -0.05) is 30.3 Å². The van der Waals surface area contributed by atoms with Gasteiger partial charge in [-0.2, -0.15) is 0 Å². The standard InChI is InChI=1S/C12H17NO2/c1-2-4-11(5-3-1)6-7-13-12-10-14-8-9-15-12/h1-5,12-13H,6-10H2. The van der Waals surface area contributed by atoms with Crippen LogP contribution in [0.1, 0.15) is 5.56 Å². The van der Waals surface area contributed by atoms with Gasteiger partial charge in [0, 0.05) is 6.54 Å². The lowest BCUT2D eigenvalue weighted by molar-refractivity contribution is -0.101. The van der Waals surface area contributed by atoms with E-state index >= 15 is 0 Å². The molecule has 0 saturated carbocycles. The molecular formula is C12H17NO2. The minimum Gasteiger partial charge on any atom is -0.375 e. The predicted octanol–water partition coefficient (Wildman–Crippen LogP) is 1.19. The molecule has 1 unspecified atom stereocenters. The summed E-state index contributed by atoms with van der Waals surface area (Å²) < 4.78 is 10.8. The van der Waals surface area contributed by atoms with Gasteiger partial charge in [-0.3, -0.25) is 5.32 Å². The van der Waals surface area contributed by atoms with E-state index in [2.05, 4.69) is 29.6 Å². The Bertz CT molecular complexity index is 270. The average molecular weight is 207 g/mol. The molecule has 15 heavy (non-hydrogen) atoms. The molecule has 0 aliphatic carbocycles. The Hall–Kier alpha value is -0.900. The molecule has 1 N–H and O–H groups in total. The molecule has 0 bridgehead atoms. The van der Waals surface area contributed by atoms with Gasteiger partial charge in [-0.25, -0.2) is 0 Å². The van der Waals surface area contributed by atoms with E-state index < -0.39 is 0 Å². The molecule has 1 saturated heterocycles. The highest BCUT2D eigenvalue weighted by Gasteiger charge is 2.12. The Balaban J connectivity index is 1.66. The molecule has 1 atom stereocenters. The largest absolute Gasteiger partial charge is 0.375 e. The van der Waals surface area contributed by atoms with Crippen molar-refractivity contribution in [1.29, 1.82) is 0 Å². The quantitative estimate of drug-likeness (QED) is 0.804. The Kier molecular flexibility index (Phi) is 4.14. The number of nitrogens with one attached hydrogen (secondary N) is 1. The van der Waals surface area contributed by atoms with Gasteiger partial charge in [0.2, 0.25) is 0 Å². The van der Waals surface area contributed by atoms with E-state index in [1.54, 1.807) is 0 Å². The lowest BCUT2D eigenvalue weighted by Gasteiger charge is -2.23. The van der Waals surface area contributed by atoms with Gasteiger partial charge in [-0.05, 0) is 12.0 Å². The maximum atomic E-state index is 5.48. The van der Waals surface area contributed by atoms with Crippen LogP contribution in [0.15, 0.2) is 30.3 Å². The SMILES string of the molecule is c1ccc(CCNC2COCCO2)cc1. The van der Waals surface area contributed by atoms with E-state index in [-0.39, 0.29) is 6.23 Å². The van der Waals surface area contributed by atoms with Crippen molar-refractivity contribution in [2.24, 2.45) is 0 Å². The van der Waals surface area contributed by atoms with Crippen LogP contribution >= 0.6 is 0 Å². The first-order valence-electron chi connectivity index (χ1n) is 5.42. The highest BCUT2D eigenvalue weighted by Crippen LogP contribution is 2.00. The zero-order valence-corrected chi connectivity index (χ0v) is 8.82. The number of rotatable bonds is 4. The maximum Gasteiger partial charge on any atom is 0.131 e. The zero-order valence-electron chi connectivity index (χ0n) is 8.82. The third-order valence-corrected chi connectivity index (χ3v) is 2.44. The van der Waals surface area contributed by atoms with Crippen LogP contribution in [-0.4, -0.2) is 32.6 Å². The first-order chi connectivity index (χ1) is 7.45. The molecule has 0 amide bonds. The molecule has 0 radical (unpaired) electrons. The van der Waals surface area contributed by atoms with Gasteiger partial charge in [0.25, 0.3) is 0 Å². The topological polar surface area (TPSA) is 30.5 Å². The van der Waals surface area contributed by atoms with Crippen molar-refractivity contribution in [2.45, 2.75) is 12.6 Å². The van der Waals surface area contributed by atoms with Crippen molar-refractivity contribution in [3.63, 3.8) is 0 Å². The lowest BCUT2D eigenvalue weighted by atomic mass is 10.1. The van der Waals surface area contributed by atoms with Gasteiger partial charge in [0.1, 0.15) is 6.23 Å². The summed E-state index contributed by atoms with van der Waals surface area (Å²) in [6, 6.07) is 10.4. The van der Waals surface area contributed by atoms with Gasteiger partial charge in [-0.15, -0.1) is 0 Å². The van der Waals surface area contributed by atoms with Gasteiger partial charge < -0.3 is 9.47 Å². The molecule has 3 nitrogen and oxygen atoms in total. The summed E-state index contributed by atoms with van der Waals surface area (Å²) in [5, 5.41) is 3.32. The Morgan fingerprint density at radius 3 is 2.80 bits per heavy atom. The highest BCUT2D eigenvalue weighted by molar-refractivity contribution is 5.14. The highest BCUT2D eigenvalue weighted by atomic mass is 16.6.